The van der Waals surface area contributed by atoms with Gasteiger partial charge in [0.15, 0.2) is 0 Å². The molecule has 2 nitrogen and oxygen atoms in total. The predicted molar refractivity (Wildman–Crippen MR) is 86.9 cm³/mol. The number of hydrogen-bond acceptors (Lipinski definition) is 2. The first-order valence-electron chi connectivity index (χ1n) is 8.04. The van der Waals surface area contributed by atoms with E-state index in [1.165, 1.54) is 24.9 Å². The average molecular weight is 274 g/mol. The monoisotopic (exact) mass is 274 g/mol. The van der Waals surface area contributed by atoms with Crippen molar-refractivity contribution >= 4 is 0 Å². The zero-order valence-electron chi connectivity index (χ0n) is 13.5. The lowest BCUT2D eigenvalue weighted by Gasteiger charge is -2.45. The van der Waals surface area contributed by atoms with Gasteiger partial charge in [-0.1, -0.05) is 64.4 Å². The van der Waals surface area contributed by atoms with Crippen LogP contribution in [0.2, 0.25) is 0 Å². The highest BCUT2D eigenvalue weighted by Crippen LogP contribution is 2.29. The molecule has 1 aliphatic heterocycles. The van der Waals surface area contributed by atoms with E-state index in [9.17, 15) is 0 Å². The molecular formula is C18H30N2. The number of unbranched alkanes of at least 4 members (excludes halogenated alkanes) is 1. The quantitative estimate of drug-likeness (QED) is 0.897. The molecule has 0 aromatic heterocycles. The molecule has 2 heteroatoms. The van der Waals surface area contributed by atoms with Gasteiger partial charge in [0.1, 0.15) is 0 Å². The second-order valence-electron chi connectivity index (χ2n) is 7.10. The second-order valence-corrected chi connectivity index (χ2v) is 7.10. The van der Waals surface area contributed by atoms with E-state index in [0.29, 0.717) is 17.5 Å². The number of nitrogens with zero attached hydrogens (tertiary/aromatic N) is 1. The molecule has 2 atom stereocenters. The lowest BCUT2D eigenvalue weighted by molar-refractivity contribution is 0.0842. The third-order valence-electron chi connectivity index (χ3n) is 4.44. The molecule has 0 aliphatic carbocycles. The summed E-state index contributed by atoms with van der Waals surface area (Å²) in [5.41, 5.74) is 1.77. The molecule has 1 heterocycles. The molecule has 2 rings (SSSR count). The molecule has 0 amide bonds. The first-order valence-corrected chi connectivity index (χ1v) is 8.04. The van der Waals surface area contributed by atoms with Crippen molar-refractivity contribution in [3.63, 3.8) is 0 Å². The van der Waals surface area contributed by atoms with E-state index in [2.05, 4.69) is 68.2 Å². The minimum atomic E-state index is 0.326. The van der Waals surface area contributed by atoms with Crippen LogP contribution < -0.4 is 5.32 Å². The van der Waals surface area contributed by atoms with Crippen molar-refractivity contribution in [2.75, 3.05) is 19.6 Å². The Bertz CT molecular complexity index is 394. The average Bonchev–Trinajstić information content (AvgIpc) is 2.45. The Morgan fingerprint density at radius 1 is 1.20 bits per heavy atom. The van der Waals surface area contributed by atoms with E-state index in [4.69, 9.17) is 0 Å². The number of nitrogens with one attached hydrogen (secondary N) is 1. The molecule has 1 saturated heterocycles. The zero-order valence-corrected chi connectivity index (χ0v) is 13.5. The van der Waals surface area contributed by atoms with E-state index in [-0.39, 0.29) is 0 Å². The summed E-state index contributed by atoms with van der Waals surface area (Å²) in [5.74, 6) is 0. The maximum absolute atomic E-state index is 3.77. The fraction of sp³-hybridized carbons (Fsp3) is 0.667. The Kier molecular flexibility index (Phi) is 5.22. The van der Waals surface area contributed by atoms with E-state index >= 15 is 0 Å². The number of benzene rings is 1. The Morgan fingerprint density at radius 3 is 2.50 bits per heavy atom. The summed E-state index contributed by atoms with van der Waals surface area (Å²) in [6, 6.07) is 12.1. The van der Waals surface area contributed by atoms with Gasteiger partial charge < -0.3 is 5.32 Å². The summed E-state index contributed by atoms with van der Waals surface area (Å²) >= 11 is 0. The van der Waals surface area contributed by atoms with Gasteiger partial charge in [-0.2, -0.15) is 0 Å². The standard InChI is InChI=1S/C18H30N2/c1-5-6-12-20-14-17(18(2,3)4)19-13-16(20)15-10-8-7-9-11-15/h7-11,16-17,19H,5-6,12-14H2,1-4H3. The van der Waals surface area contributed by atoms with Gasteiger partial charge in [-0.05, 0) is 23.9 Å². The third kappa shape index (κ3) is 3.83. The van der Waals surface area contributed by atoms with Crippen molar-refractivity contribution in [1.82, 2.24) is 10.2 Å². The maximum atomic E-state index is 3.77. The Balaban J connectivity index is 2.12. The van der Waals surface area contributed by atoms with Crippen LogP contribution in [0.4, 0.5) is 0 Å². The fourth-order valence-corrected chi connectivity index (χ4v) is 3.00. The molecule has 112 valence electrons. The molecule has 1 fully saturated rings. The first kappa shape index (κ1) is 15.5. The second kappa shape index (κ2) is 6.73. The number of hydrogen-bond donors (Lipinski definition) is 1. The van der Waals surface area contributed by atoms with Crippen molar-refractivity contribution in [3.05, 3.63) is 35.9 Å². The molecule has 1 aromatic rings. The molecule has 0 saturated carbocycles. The van der Waals surface area contributed by atoms with Crippen LogP contribution in [0.25, 0.3) is 0 Å². The van der Waals surface area contributed by atoms with Crippen molar-refractivity contribution in [3.8, 4) is 0 Å². The summed E-state index contributed by atoms with van der Waals surface area (Å²) in [6.07, 6.45) is 2.56. The third-order valence-corrected chi connectivity index (χ3v) is 4.44. The van der Waals surface area contributed by atoms with Crippen LogP contribution in [-0.4, -0.2) is 30.6 Å². The molecule has 1 N–H and O–H groups in total. The van der Waals surface area contributed by atoms with Gasteiger partial charge >= 0.3 is 0 Å². The Hall–Kier alpha value is -0.860. The van der Waals surface area contributed by atoms with Gasteiger partial charge in [0, 0.05) is 25.2 Å². The molecule has 2 unspecified atom stereocenters. The fourth-order valence-electron chi connectivity index (χ4n) is 3.00. The Morgan fingerprint density at radius 2 is 1.90 bits per heavy atom. The van der Waals surface area contributed by atoms with Crippen molar-refractivity contribution in [1.29, 1.82) is 0 Å². The summed E-state index contributed by atoms with van der Waals surface area (Å²) in [7, 11) is 0. The van der Waals surface area contributed by atoms with Crippen LogP contribution in [-0.2, 0) is 0 Å². The minimum Gasteiger partial charge on any atom is -0.310 e. The smallest absolute Gasteiger partial charge is 0.0473 e. The van der Waals surface area contributed by atoms with E-state index in [0.717, 1.165) is 13.1 Å². The maximum Gasteiger partial charge on any atom is 0.0473 e. The van der Waals surface area contributed by atoms with Crippen molar-refractivity contribution < 1.29 is 0 Å². The van der Waals surface area contributed by atoms with Gasteiger partial charge in [0.05, 0.1) is 0 Å². The zero-order chi connectivity index (χ0) is 14.6. The summed E-state index contributed by atoms with van der Waals surface area (Å²) in [4.78, 5) is 2.69. The highest BCUT2D eigenvalue weighted by Gasteiger charge is 2.34. The normalized spacial score (nSPS) is 24.8. The van der Waals surface area contributed by atoms with Crippen LogP contribution >= 0.6 is 0 Å². The van der Waals surface area contributed by atoms with Crippen LogP contribution in [0, 0.1) is 5.41 Å². The van der Waals surface area contributed by atoms with Crippen molar-refractivity contribution in [2.45, 2.75) is 52.6 Å². The number of rotatable bonds is 4. The molecule has 1 aliphatic rings. The molecular weight excluding hydrogens is 244 g/mol. The molecule has 0 spiro atoms. The lowest BCUT2D eigenvalue weighted by Crippen LogP contribution is -2.57. The van der Waals surface area contributed by atoms with E-state index in [1.807, 2.05) is 0 Å². The SMILES string of the molecule is CCCCN1CC(C(C)(C)C)NCC1c1ccccc1. The van der Waals surface area contributed by atoms with Crippen LogP contribution in [0.1, 0.15) is 52.1 Å². The van der Waals surface area contributed by atoms with Crippen LogP contribution in [0.15, 0.2) is 30.3 Å². The van der Waals surface area contributed by atoms with Gasteiger partial charge in [-0.3, -0.25) is 4.90 Å². The first-order chi connectivity index (χ1) is 9.52. The highest BCUT2D eigenvalue weighted by molar-refractivity contribution is 5.20. The summed E-state index contributed by atoms with van der Waals surface area (Å²) in [5, 5.41) is 3.77. The topological polar surface area (TPSA) is 15.3 Å². The molecule has 1 aromatic carbocycles. The highest BCUT2D eigenvalue weighted by atomic mass is 15.2. The van der Waals surface area contributed by atoms with Crippen LogP contribution in [0.3, 0.4) is 0 Å². The molecule has 20 heavy (non-hydrogen) atoms. The summed E-state index contributed by atoms with van der Waals surface area (Å²) in [6.45, 7) is 12.7. The number of piperazine rings is 1. The van der Waals surface area contributed by atoms with E-state index in [1.54, 1.807) is 0 Å². The molecule has 0 bridgehead atoms. The molecule has 0 radical (unpaired) electrons. The van der Waals surface area contributed by atoms with Gasteiger partial charge in [-0.25, -0.2) is 0 Å². The van der Waals surface area contributed by atoms with Crippen molar-refractivity contribution in [2.24, 2.45) is 5.41 Å². The largest absolute Gasteiger partial charge is 0.310 e. The minimum absolute atomic E-state index is 0.326. The van der Waals surface area contributed by atoms with Gasteiger partial charge in [-0.15, -0.1) is 0 Å². The Labute approximate surface area is 124 Å². The van der Waals surface area contributed by atoms with Gasteiger partial charge in [0.25, 0.3) is 0 Å². The van der Waals surface area contributed by atoms with Gasteiger partial charge in [0.2, 0.25) is 0 Å². The summed E-state index contributed by atoms with van der Waals surface area (Å²) < 4.78 is 0. The predicted octanol–water partition coefficient (Wildman–Crippen LogP) is 3.85. The van der Waals surface area contributed by atoms with E-state index < -0.39 is 0 Å². The van der Waals surface area contributed by atoms with Crippen LogP contribution in [0.5, 0.6) is 0 Å². The lowest BCUT2D eigenvalue weighted by atomic mass is 9.84.